The van der Waals surface area contributed by atoms with Gasteiger partial charge in [0.1, 0.15) is 5.82 Å². The predicted molar refractivity (Wildman–Crippen MR) is 96.3 cm³/mol. The molecule has 3 heterocycles. The van der Waals surface area contributed by atoms with Crippen LogP contribution in [0.1, 0.15) is 31.0 Å². The Labute approximate surface area is 148 Å². The highest BCUT2D eigenvalue weighted by Crippen LogP contribution is 2.28. The minimum absolute atomic E-state index is 0.00256. The van der Waals surface area contributed by atoms with E-state index in [-0.39, 0.29) is 11.9 Å². The molecule has 1 fully saturated rings. The van der Waals surface area contributed by atoms with Crippen molar-refractivity contribution in [1.82, 2.24) is 15.0 Å². The lowest BCUT2D eigenvalue weighted by atomic mass is 9.96. The van der Waals surface area contributed by atoms with Gasteiger partial charge in [-0.15, -0.1) is 0 Å². The van der Waals surface area contributed by atoms with E-state index < -0.39 is 0 Å². The average Bonchev–Trinajstić information content (AvgIpc) is 2.65. The number of pyridine rings is 1. The highest BCUT2D eigenvalue weighted by Gasteiger charge is 2.27. The predicted octanol–water partition coefficient (Wildman–Crippen LogP) is 2.93. The van der Waals surface area contributed by atoms with Gasteiger partial charge in [-0.1, -0.05) is 0 Å². The largest absolute Gasteiger partial charge is 0.466 e. The Hall–Kier alpha value is -2.50. The van der Waals surface area contributed by atoms with E-state index in [1.54, 1.807) is 12.4 Å². The molecular formula is C19H24N4O2. The zero-order valence-corrected chi connectivity index (χ0v) is 15.0. The fourth-order valence-electron chi connectivity index (χ4n) is 3.13. The Balaban J connectivity index is 1.81. The first kappa shape index (κ1) is 17.3. The van der Waals surface area contributed by atoms with Crippen molar-refractivity contribution in [3.63, 3.8) is 0 Å². The lowest BCUT2D eigenvalue weighted by Gasteiger charge is -2.33. The molecule has 25 heavy (non-hydrogen) atoms. The van der Waals surface area contributed by atoms with Gasteiger partial charge < -0.3 is 9.64 Å². The van der Waals surface area contributed by atoms with Crippen LogP contribution in [0.15, 0.2) is 24.5 Å². The smallest absolute Gasteiger partial charge is 0.309 e. The molecule has 0 bridgehead atoms. The van der Waals surface area contributed by atoms with E-state index in [0.717, 1.165) is 48.6 Å². The number of piperidine rings is 1. The van der Waals surface area contributed by atoms with Crippen molar-refractivity contribution in [2.24, 2.45) is 5.92 Å². The number of carbonyl (C=O) groups is 1. The second kappa shape index (κ2) is 7.59. The van der Waals surface area contributed by atoms with Gasteiger partial charge >= 0.3 is 5.97 Å². The maximum absolute atomic E-state index is 11.9. The molecule has 0 aromatic carbocycles. The Kier molecular flexibility index (Phi) is 5.26. The van der Waals surface area contributed by atoms with Crippen molar-refractivity contribution in [3.8, 4) is 11.4 Å². The third kappa shape index (κ3) is 3.78. The molecular weight excluding hydrogens is 316 g/mol. The summed E-state index contributed by atoms with van der Waals surface area (Å²) in [6.07, 6.45) is 5.11. The van der Waals surface area contributed by atoms with Crippen LogP contribution in [0.25, 0.3) is 11.4 Å². The first-order chi connectivity index (χ1) is 12.1. The Morgan fingerprint density at radius 1 is 1.28 bits per heavy atom. The van der Waals surface area contributed by atoms with E-state index in [9.17, 15) is 4.79 Å². The molecule has 6 nitrogen and oxygen atoms in total. The van der Waals surface area contributed by atoms with Gasteiger partial charge in [0.2, 0.25) is 0 Å². The van der Waals surface area contributed by atoms with E-state index in [0.29, 0.717) is 12.4 Å². The van der Waals surface area contributed by atoms with Crippen LogP contribution >= 0.6 is 0 Å². The highest BCUT2D eigenvalue weighted by molar-refractivity contribution is 5.73. The van der Waals surface area contributed by atoms with Gasteiger partial charge in [-0.2, -0.15) is 0 Å². The van der Waals surface area contributed by atoms with E-state index in [4.69, 9.17) is 9.72 Å². The number of nitrogens with zero attached hydrogens (tertiary/aromatic N) is 4. The zero-order chi connectivity index (χ0) is 17.8. The van der Waals surface area contributed by atoms with E-state index in [1.807, 2.05) is 26.0 Å². The molecule has 0 unspecified atom stereocenters. The van der Waals surface area contributed by atoms with Crippen molar-refractivity contribution < 1.29 is 9.53 Å². The van der Waals surface area contributed by atoms with Gasteiger partial charge in [-0.3, -0.25) is 9.78 Å². The summed E-state index contributed by atoms with van der Waals surface area (Å²) in [4.78, 5) is 27.7. The highest BCUT2D eigenvalue weighted by atomic mass is 16.5. The molecule has 0 amide bonds. The molecule has 1 aliphatic rings. The summed E-state index contributed by atoms with van der Waals surface area (Å²) in [5.41, 5.74) is 2.96. The van der Waals surface area contributed by atoms with Crippen molar-refractivity contribution >= 4 is 11.8 Å². The summed E-state index contributed by atoms with van der Waals surface area (Å²) >= 11 is 0. The summed E-state index contributed by atoms with van der Waals surface area (Å²) < 4.78 is 5.15. The molecule has 6 heteroatoms. The minimum Gasteiger partial charge on any atom is -0.466 e. The van der Waals surface area contributed by atoms with Gasteiger partial charge in [0, 0.05) is 42.3 Å². The summed E-state index contributed by atoms with van der Waals surface area (Å²) in [7, 11) is 0. The van der Waals surface area contributed by atoms with Crippen molar-refractivity contribution in [2.45, 2.75) is 33.6 Å². The number of ether oxygens (including phenoxy) is 1. The van der Waals surface area contributed by atoms with E-state index >= 15 is 0 Å². The molecule has 0 radical (unpaired) electrons. The Morgan fingerprint density at radius 3 is 2.68 bits per heavy atom. The number of hydrogen-bond donors (Lipinski definition) is 0. The first-order valence-corrected chi connectivity index (χ1v) is 8.77. The fraction of sp³-hybridized carbons (Fsp3) is 0.474. The third-order valence-electron chi connectivity index (χ3n) is 4.70. The van der Waals surface area contributed by atoms with E-state index in [2.05, 4.69) is 21.8 Å². The minimum atomic E-state index is -0.0752. The summed E-state index contributed by atoms with van der Waals surface area (Å²) in [6.45, 7) is 7.94. The lowest BCUT2D eigenvalue weighted by Crippen LogP contribution is -2.38. The molecule has 0 N–H and O–H groups in total. The number of aromatic nitrogens is 3. The summed E-state index contributed by atoms with van der Waals surface area (Å²) in [6, 6.07) is 3.85. The third-order valence-corrected chi connectivity index (χ3v) is 4.70. The molecule has 0 atom stereocenters. The summed E-state index contributed by atoms with van der Waals surface area (Å²) in [5.74, 6) is 1.57. The average molecular weight is 340 g/mol. The second-order valence-corrected chi connectivity index (χ2v) is 6.34. The molecule has 0 saturated carbocycles. The zero-order valence-electron chi connectivity index (χ0n) is 15.0. The number of rotatable bonds is 4. The van der Waals surface area contributed by atoms with Crippen LogP contribution < -0.4 is 4.90 Å². The van der Waals surface area contributed by atoms with Crippen LogP contribution in [0.2, 0.25) is 0 Å². The number of aryl methyl sites for hydroxylation is 1. The van der Waals surface area contributed by atoms with Crippen LogP contribution in [0.3, 0.4) is 0 Å². The molecule has 1 aliphatic heterocycles. The molecule has 2 aromatic rings. The number of esters is 1. The van der Waals surface area contributed by atoms with Crippen molar-refractivity contribution in [3.05, 3.63) is 35.8 Å². The Bertz CT molecular complexity index is 741. The monoisotopic (exact) mass is 340 g/mol. The number of anilines is 1. The quantitative estimate of drug-likeness (QED) is 0.797. The molecule has 132 valence electrons. The van der Waals surface area contributed by atoms with Crippen LogP contribution in [-0.4, -0.2) is 40.6 Å². The maximum Gasteiger partial charge on any atom is 0.309 e. The van der Waals surface area contributed by atoms with Crippen LogP contribution in [0, 0.1) is 19.8 Å². The fourth-order valence-corrected chi connectivity index (χ4v) is 3.13. The van der Waals surface area contributed by atoms with E-state index in [1.165, 1.54) is 0 Å². The molecule has 0 aliphatic carbocycles. The van der Waals surface area contributed by atoms with Crippen molar-refractivity contribution in [1.29, 1.82) is 0 Å². The molecule has 3 rings (SSSR count). The van der Waals surface area contributed by atoms with Gasteiger partial charge in [0.15, 0.2) is 5.82 Å². The number of carbonyl (C=O) groups excluding carboxylic acids is 1. The molecule has 1 saturated heterocycles. The molecule has 2 aromatic heterocycles. The van der Waals surface area contributed by atoms with Crippen LogP contribution in [0.5, 0.6) is 0 Å². The standard InChI is InChI=1S/C19H24N4O2/c1-4-25-19(24)15-7-10-23(11-8-15)18-13(2)14(3)21-17(22-18)16-6-5-9-20-12-16/h5-6,9,12,15H,4,7-8,10-11H2,1-3H3. The SMILES string of the molecule is CCOC(=O)C1CCN(c2nc(-c3cccnc3)nc(C)c2C)CC1. The van der Waals surface area contributed by atoms with Crippen molar-refractivity contribution in [2.75, 3.05) is 24.6 Å². The molecule has 0 spiro atoms. The maximum atomic E-state index is 11.9. The van der Waals surface area contributed by atoms with Gasteiger partial charge in [0.25, 0.3) is 0 Å². The van der Waals surface area contributed by atoms with Gasteiger partial charge in [-0.05, 0) is 45.7 Å². The Morgan fingerprint density at radius 2 is 2.04 bits per heavy atom. The van der Waals surface area contributed by atoms with Crippen LogP contribution in [-0.2, 0) is 9.53 Å². The second-order valence-electron chi connectivity index (χ2n) is 6.34. The lowest BCUT2D eigenvalue weighted by molar-refractivity contribution is -0.148. The normalized spacial score (nSPS) is 15.2. The first-order valence-electron chi connectivity index (χ1n) is 8.77. The summed E-state index contributed by atoms with van der Waals surface area (Å²) in [5, 5.41) is 0. The number of hydrogen-bond acceptors (Lipinski definition) is 6. The van der Waals surface area contributed by atoms with Crippen LogP contribution in [0.4, 0.5) is 5.82 Å². The topological polar surface area (TPSA) is 68.2 Å². The van der Waals surface area contributed by atoms with Gasteiger partial charge in [0.05, 0.1) is 12.5 Å². The van der Waals surface area contributed by atoms with Gasteiger partial charge in [-0.25, -0.2) is 9.97 Å².